The first-order valence-electron chi connectivity index (χ1n) is 9.37. The predicted molar refractivity (Wildman–Crippen MR) is 108 cm³/mol. The maximum absolute atomic E-state index is 13.7. The van der Waals surface area contributed by atoms with E-state index < -0.39 is 11.9 Å². The second-order valence-electron chi connectivity index (χ2n) is 6.77. The van der Waals surface area contributed by atoms with E-state index in [-0.39, 0.29) is 28.5 Å². The zero-order valence-corrected chi connectivity index (χ0v) is 16.7. The van der Waals surface area contributed by atoms with Crippen molar-refractivity contribution in [3.05, 3.63) is 65.3 Å². The molecule has 8 heteroatoms. The highest BCUT2D eigenvalue weighted by molar-refractivity contribution is 7.99. The summed E-state index contributed by atoms with van der Waals surface area (Å²) >= 11 is 1.14. The van der Waals surface area contributed by atoms with Gasteiger partial charge in [0, 0.05) is 5.69 Å². The van der Waals surface area contributed by atoms with Crippen LogP contribution >= 0.6 is 11.8 Å². The number of anilines is 1. The fourth-order valence-corrected chi connectivity index (χ4v) is 3.77. The summed E-state index contributed by atoms with van der Waals surface area (Å²) in [5, 5.41) is 11.0. The van der Waals surface area contributed by atoms with E-state index in [0.29, 0.717) is 0 Å². The topological polar surface area (TPSA) is 77.2 Å². The molecule has 1 aromatic heterocycles. The van der Waals surface area contributed by atoms with Gasteiger partial charge in [-0.3, -0.25) is 4.79 Å². The van der Waals surface area contributed by atoms with E-state index in [1.54, 1.807) is 19.1 Å². The number of carbonyl (C=O) groups is 1. The molecule has 0 unspecified atom stereocenters. The lowest BCUT2D eigenvalue weighted by Gasteiger charge is -2.11. The first kappa shape index (κ1) is 19.4. The maximum Gasteiger partial charge on any atom is 0.277 e. The van der Waals surface area contributed by atoms with Crippen molar-refractivity contribution in [3.8, 4) is 5.75 Å². The number of aryl methyl sites for hydroxylation is 2. The van der Waals surface area contributed by atoms with Gasteiger partial charge in [0.1, 0.15) is 0 Å². The largest absolute Gasteiger partial charge is 0.478 e. The molecule has 6 nitrogen and oxygen atoms in total. The molecule has 3 aromatic rings. The Hall–Kier alpha value is -2.87. The van der Waals surface area contributed by atoms with Crippen LogP contribution in [0.1, 0.15) is 36.5 Å². The molecule has 1 atom stereocenters. The van der Waals surface area contributed by atoms with E-state index in [1.807, 2.05) is 12.1 Å². The van der Waals surface area contributed by atoms with Crippen LogP contribution in [0.4, 0.5) is 10.1 Å². The number of halogens is 1. The number of benzene rings is 2. The van der Waals surface area contributed by atoms with Crippen molar-refractivity contribution in [3.63, 3.8) is 0 Å². The molecule has 1 heterocycles. The number of carbonyl (C=O) groups excluding carboxylic acids is 1. The highest BCUT2D eigenvalue weighted by Gasteiger charge is 2.18. The summed E-state index contributed by atoms with van der Waals surface area (Å²) < 4.78 is 24.8. The number of amides is 1. The van der Waals surface area contributed by atoms with E-state index in [9.17, 15) is 9.18 Å². The molecule has 1 aliphatic rings. The van der Waals surface area contributed by atoms with Crippen LogP contribution < -0.4 is 10.1 Å². The van der Waals surface area contributed by atoms with Gasteiger partial charge >= 0.3 is 0 Å². The number of fused-ring (bicyclic) bond motifs is 1. The van der Waals surface area contributed by atoms with Crippen LogP contribution in [-0.2, 0) is 17.6 Å². The van der Waals surface area contributed by atoms with Gasteiger partial charge in [-0.25, -0.2) is 4.39 Å². The summed E-state index contributed by atoms with van der Waals surface area (Å²) in [5.74, 6) is -0.141. The van der Waals surface area contributed by atoms with Gasteiger partial charge in [0.15, 0.2) is 17.7 Å². The number of thioether (sulfide) groups is 1. The summed E-state index contributed by atoms with van der Waals surface area (Å²) in [4.78, 5) is 12.2. The summed E-state index contributed by atoms with van der Waals surface area (Å²) in [6, 6.07) is 12.2. The Morgan fingerprint density at radius 2 is 2.07 bits per heavy atom. The number of hydrogen-bond acceptors (Lipinski definition) is 6. The molecule has 29 heavy (non-hydrogen) atoms. The molecule has 0 saturated carbocycles. The SMILES string of the molecule is C[C@@H](Oc1ccccc1F)c1nnc(SCC(=O)Nc2ccc3c(c2)CCC3)o1. The van der Waals surface area contributed by atoms with Crippen LogP contribution in [0.15, 0.2) is 52.1 Å². The molecule has 0 radical (unpaired) electrons. The van der Waals surface area contributed by atoms with Crippen LogP contribution in [0.5, 0.6) is 5.75 Å². The first-order chi connectivity index (χ1) is 14.1. The molecular weight excluding hydrogens is 393 g/mol. The lowest BCUT2D eigenvalue weighted by Crippen LogP contribution is -2.14. The number of ether oxygens (including phenoxy) is 1. The molecule has 4 rings (SSSR count). The Bertz CT molecular complexity index is 1020. The van der Waals surface area contributed by atoms with Crippen molar-refractivity contribution in [1.82, 2.24) is 10.2 Å². The van der Waals surface area contributed by atoms with E-state index >= 15 is 0 Å². The van der Waals surface area contributed by atoms with Gasteiger partial charge in [0.25, 0.3) is 11.1 Å². The lowest BCUT2D eigenvalue weighted by atomic mass is 10.1. The Kier molecular flexibility index (Phi) is 5.80. The van der Waals surface area contributed by atoms with Gasteiger partial charge < -0.3 is 14.5 Å². The average Bonchev–Trinajstić information content (AvgIpc) is 3.37. The van der Waals surface area contributed by atoms with Crippen molar-refractivity contribution in [2.75, 3.05) is 11.1 Å². The zero-order chi connectivity index (χ0) is 20.2. The molecule has 0 fully saturated rings. The predicted octanol–water partition coefficient (Wildman–Crippen LogP) is 4.57. The van der Waals surface area contributed by atoms with Crippen molar-refractivity contribution in [2.45, 2.75) is 37.5 Å². The second-order valence-corrected chi connectivity index (χ2v) is 7.70. The molecule has 150 valence electrons. The summed E-state index contributed by atoms with van der Waals surface area (Å²) in [6.07, 6.45) is 2.72. The molecule has 0 aliphatic heterocycles. The quantitative estimate of drug-likeness (QED) is 0.572. The molecule has 1 amide bonds. The number of para-hydroxylation sites is 1. The number of rotatable bonds is 7. The standard InChI is InChI=1S/C21H20FN3O3S/c1-13(27-18-8-3-2-7-17(18)22)20-24-25-21(28-20)29-12-19(26)23-16-10-9-14-5-4-6-15(14)11-16/h2-3,7-11,13H,4-6,12H2,1H3,(H,23,26)/t13-/m1/s1. The Labute approximate surface area is 171 Å². The van der Waals surface area contributed by atoms with E-state index in [2.05, 4.69) is 21.6 Å². The second kappa shape index (κ2) is 8.65. The molecular formula is C21H20FN3O3S. The number of nitrogens with one attached hydrogen (secondary N) is 1. The van der Waals surface area contributed by atoms with Gasteiger partial charge in [0.05, 0.1) is 5.75 Å². The van der Waals surface area contributed by atoms with E-state index in [4.69, 9.17) is 9.15 Å². The van der Waals surface area contributed by atoms with Crippen molar-refractivity contribution in [1.29, 1.82) is 0 Å². The Balaban J connectivity index is 1.30. The van der Waals surface area contributed by atoms with Crippen molar-refractivity contribution >= 4 is 23.4 Å². The third-order valence-corrected chi connectivity index (χ3v) is 5.44. The van der Waals surface area contributed by atoms with Gasteiger partial charge in [0.2, 0.25) is 5.91 Å². The van der Waals surface area contributed by atoms with Crippen LogP contribution in [0.25, 0.3) is 0 Å². The third-order valence-electron chi connectivity index (χ3n) is 4.62. The highest BCUT2D eigenvalue weighted by Crippen LogP contribution is 2.27. The molecule has 0 bridgehead atoms. The maximum atomic E-state index is 13.7. The molecule has 2 aromatic carbocycles. The summed E-state index contributed by atoms with van der Waals surface area (Å²) in [5.41, 5.74) is 3.47. The molecule has 1 aliphatic carbocycles. The van der Waals surface area contributed by atoms with Gasteiger partial charge in [-0.05, 0) is 61.6 Å². The van der Waals surface area contributed by atoms with Gasteiger partial charge in [-0.15, -0.1) is 10.2 Å². The van der Waals surface area contributed by atoms with Gasteiger partial charge in [-0.1, -0.05) is 30.0 Å². The van der Waals surface area contributed by atoms with Crippen LogP contribution in [0, 0.1) is 5.82 Å². The minimum absolute atomic E-state index is 0.112. The van der Waals surface area contributed by atoms with Crippen LogP contribution in [-0.4, -0.2) is 21.9 Å². The average molecular weight is 413 g/mol. The van der Waals surface area contributed by atoms with E-state index in [1.165, 1.54) is 29.7 Å². The first-order valence-corrected chi connectivity index (χ1v) is 10.4. The highest BCUT2D eigenvalue weighted by atomic mass is 32.2. The van der Waals surface area contributed by atoms with E-state index in [0.717, 1.165) is 30.3 Å². The van der Waals surface area contributed by atoms with Gasteiger partial charge in [-0.2, -0.15) is 0 Å². The molecule has 0 saturated heterocycles. The number of aromatic nitrogens is 2. The minimum atomic E-state index is -0.617. The van der Waals surface area contributed by atoms with Crippen molar-refractivity contribution in [2.24, 2.45) is 0 Å². The van der Waals surface area contributed by atoms with Crippen LogP contribution in [0.3, 0.4) is 0 Å². The monoisotopic (exact) mass is 413 g/mol. The van der Waals surface area contributed by atoms with Crippen molar-refractivity contribution < 1.29 is 18.3 Å². The normalized spacial score (nSPS) is 13.7. The number of nitrogens with zero attached hydrogens (tertiary/aromatic N) is 2. The zero-order valence-electron chi connectivity index (χ0n) is 15.9. The van der Waals surface area contributed by atoms with Crippen LogP contribution in [0.2, 0.25) is 0 Å². The fourth-order valence-electron chi connectivity index (χ4n) is 3.20. The number of hydrogen-bond donors (Lipinski definition) is 1. The Morgan fingerprint density at radius 1 is 1.24 bits per heavy atom. The fraction of sp³-hybridized carbons (Fsp3) is 0.286. The minimum Gasteiger partial charge on any atom is -0.478 e. The molecule has 0 spiro atoms. The third kappa shape index (κ3) is 4.76. The summed E-state index contributed by atoms with van der Waals surface area (Å²) in [6.45, 7) is 1.69. The summed E-state index contributed by atoms with van der Waals surface area (Å²) in [7, 11) is 0. The smallest absolute Gasteiger partial charge is 0.277 e. The lowest BCUT2D eigenvalue weighted by molar-refractivity contribution is -0.113. The molecule has 1 N–H and O–H groups in total. The Morgan fingerprint density at radius 3 is 2.93 bits per heavy atom.